The van der Waals surface area contributed by atoms with E-state index in [9.17, 15) is 4.79 Å². The Morgan fingerprint density at radius 3 is 3.00 bits per heavy atom. The highest BCUT2D eigenvalue weighted by molar-refractivity contribution is 5.76. The highest BCUT2D eigenvalue weighted by Crippen LogP contribution is 2.09. The number of carbonyl (C=O) groups excluding carboxylic acids is 1. The maximum atomic E-state index is 11.1. The topological polar surface area (TPSA) is 55.6 Å². The average molecular weight is 158 g/mol. The van der Waals surface area contributed by atoms with E-state index in [1.165, 1.54) is 0 Å². The van der Waals surface area contributed by atoms with Gasteiger partial charge < -0.3 is 9.74 Å². The molecule has 1 aliphatic rings. The van der Waals surface area contributed by atoms with Crippen molar-refractivity contribution in [2.75, 3.05) is 19.7 Å². The molecule has 0 saturated carbocycles. The molecule has 0 radical (unpaired) electrons. The summed E-state index contributed by atoms with van der Waals surface area (Å²) in [5.41, 5.74) is 0. The van der Waals surface area contributed by atoms with Crippen molar-refractivity contribution in [1.82, 2.24) is 4.90 Å². The number of piperidine rings is 1. The van der Waals surface area contributed by atoms with Crippen molar-refractivity contribution >= 4 is 5.91 Å². The molecule has 1 saturated heterocycles. The lowest BCUT2D eigenvalue weighted by atomic mass is 10.1. The van der Waals surface area contributed by atoms with Crippen molar-refractivity contribution in [1.29, 1.82) is 0 Å². The van der Waals surface area contributed by atoms with Crippen LogP contribution in [0.15, 0.2) is 0 Å². The molecule has 0 spiro atoms. The van der Waals surface area contributed by atoms with E-state index in [1.54, 1.807) is 4.90 Å². The van der Waals surface area contributed by atoms with Crippen LogP contribution in [0.25, 0.3) is 0 Å². The van der Waals surface area contributed by atoms with Gasteiger partial charge in [0, 0.05) is 19.5 Å². The van der Waals surface area contributed by atoms with E-state index in [0.29, 0.717) is 19.6 Å². The highest BCUT2D eigenvalue weighted by Gasteiger charge is 2.16. The van der Waals surface area contributed by atoms with Gasteiger partial charge in [0.2, 0.25) is 5.91 Å². The summed E-state index contributed by atoms with van der Waals surface area (Å²) in [5.74, 6) is 5.08. The smallest absolute Gasteiger partial charge is 0.222 e. The Bertz CT molecular complexity index is 138. The molecule has 0 aliphatic carbocycles. The van der Waals surface area contributed by atoms with E-state index >= 15 is 0 Å². The van der Waals surface area contributed by atoms with Crippen LogP contribution >= 0.6 is 0 Å². The van der Waals surface area contributed by atoms with E-state index in [1.807, 2.05) is 0 Å². The summed E-state index contributed by atoms with van der Waals surface area (Å²) in [6.07, 6.45) is 2.82. The van der Waals surface area contributed by atoms with Crippen molar-refractivity contribution in [3.05, 3.63) is 0 Å². The number of likely N-dealkylation sites (tertiary alicyclic amines) is 1. The zero-order valence-corrected chi connectivity index (χ0v) is 6.58. The van der Waals surface area contributed by atoms with Crippen LogP contribution in [0.3, 0.4) is 0 Å². The molecule has 1 amide bonds. The van der Waals surface area contributed by atoms with Crippen molar-refractivity contribution in [3.63, 3.8) is 0 Å². The Hall–Kier alpha value is -0.610. The number of hydrogen-bond donors (Lipinski definition) is 1. The second kappa shape index (κ2) is 4.31. The maximum absolute atomic E-state index is 11.1. The minimum absolute atomic E-state index is 0.230. The van der Waals surface area contributed by atoms with Crippen LogP contribution in [0.5, 0.6) is 0 Å². The summed E-state index contributed by atoms with van der Waals surface area (Å²) in [5, 5.41) is 0. The minimum atomic E-state index is 0.230. The summed E-state index contributed by atoms with van der Waals surface area (Å²) in [7, 11) is 0. The number of carbonyl (C=O) groups is 1. The molecule has 1 fully saturated rings. The first-order valence-corrected chi connectivity index (χ1v) is 3.94. The number of rotatable bonds is 3. The Kier molecular flexibility index (Phi) is 3.32. The lowest BCUT2D eigenvalue weighted by Gasteiger charge is -2.25. The minimum Gasteiger partial charge on any atom is -0.340 e. The Morgan fingerprint density at radius 2 is 2.36 bits per heavy atom. The van der Waals surface area contributed by atoms with Gasteiger partial charge in [-0.05, 0) is 12.8 Å². The first-order chi connectivity index (χ1) is 5.34. The molecule has 1 aliphatic heterocycles. The maximum Gasteiger partial charge on any atom is 0.222 e. The Labute approximate surface area is 66.3 Å². The van der Waals surface area contributed by atoms with Gasteiger partial charge in [-0.25, -0.2) is 5.90 Å². The molecule has 4 nitrogen and oxygen atoms in total. The van der Waals surface area contributed by atoms with Crippen LogP contribution in [-0.4, -0.2) is 30.5 Å². The van der Waals surface area contributed by atoms with Crippen LogP contribution in [0.1, 0.15) is 19.3 Å². The molecule has 11 heavy (non-hydrogen) atoms. The fourth-order valence-electron chi connectivity index (χ4n) is 1.26. The second-order valence-electron chi connectivity index (χ2n) is 2.71. The van der Waals surface area contributed by atoms with Crippen molar-refractivity contribution < 1.29 is 9.63 Å². The molecule has 0 unspecified atom stereocenters. The molecule has 0 bridgehead atoms. The van der Waals surface area contributed by atoms with Crippen LogP contribution < -0.4 is 5.90 Å². The normalized spacial score (nSPS) is 19.0. The van der Waals surface area contributed by atoms with Crippen molar-refractivity contribution in [3.8, 4) is 0 Å². The molecule has 4 heteroatoms. The number of hydrogen-bond acceptors (Lipinski definition) is 3. The fraction of sp³-hybridized carbons (Fsp3) is 0.857. The zero-order valence-electron chi connectivity index (χ0n) is 6.58. The monoisotopic (exact) mass is 158 g/mol. The highest BCUT2D eigenvalue weighted by atomic mass is 16.6. The molecule has 64 valence electrons. The van der Waals surface area contributed by atoms with Crippen molar-refractivity contribution in [2.24, 2.45) is 5.90 Å². The van der Waals surface area contributed by atoms with Crippen LogP contribution in [0.4, 0.5) is 0 Å². The summed E-state index contributed by atoms with van der Waals surface area (Å²) < 4.78 is 0. The van der Waals surface area contributed by atoms with E-state index in [0.717, 1.165) is 19.4 Å². The summed E-state index contributed by atoms with van der Waals surface area (Å²) in [4.78, 5) is 17.3. The Morgan fingerprint density at radius 1 is 1.55 bits per heavy atom. The number of nitrogens with zero attached hydrogens (tertiary/aromatic N) is 1. The molecule has 1 heterocycles. The summed E-state index contributed by atoms with van der Waals surface area (Å²) >= 11 is 0. The van der Waals surface area contributed by atoms with Crippen LogP contribution in [-0.2, 0) is 9.63 Å². The van der Waals surface area contributed by atoms with Gasteiger partial charge in [-0.15, -0.1) is 0 Å². The van der Waals surface area contributed by atoms with Gasteiger partial charge in [-0.3, -0.25) is 4.79 Å². The fourth-order valence-corrected chi connectivity index (χ4v) is 1.26. The van der Waals surface area contributed by atoms with E-state index in [-0.39, 0.29) is 5.91 Å². The Balaban J connectivity index is 2.24. The second-order valence-corrected chi connectivity index (χ2v) is 2.71. The molecule has 0 aromatic heterocycles. The van der Waals surface area contributed by atoms with Gasteiger partial charge in [-0.2, -0.15) is 0 Å². The molecule has 0 atom stereocenters. The van der Waals surface area contributed by atoms with E-state index in [4.69, 9.17) is 5.90 Å². The molecule has 1 rings (SSSR count). The molecule has 0 aromatic rings. The molecule has 2 N–H and O–H groups in total. The predicted molar refractivity (Wildman–Crippen MR) is 40.6 cm³/mol. The van der Waals surface area contributed by atoms with Gasteiger partial charge in [0.25, 0.3) is 0 Å². The number of nitrogens with two attached hydrogens (primary N) is 1. The summed E-state index contributed by atoms with van der Waals surface area (Å²) in [6, 6.07) is 0. The molecular formula is C7H14N2O2. The largest absolute Gasteiger partial charge is 0.340 e. The summed E-state index contributed by atoms with van der Waals surface area (Å²) in [6.45, 7) is 1.93. The standard InChI is InChI=1S/C7H14N2O2/c8-11-6-5-9-4-2-1-3-7(9)10/h1-6,8H2. The first kappa shape index (κ1) is 8.49. The SMILES string of the molecule is NOCCN1CCCCC1=O. The van der Waals surface area contributed by atoms with Gasteiger partial charge in [0.15, 0.2) is 0 Å². The lowest BCUT2D eigenvalue weighted by Crippen LogP contribution is -2.37. The molecule has 0 aromatic carbocycles. The third kappa shape index (κ3) is 2.48. The zero-order chi connectivity index (χ0) is 8.10. The predicted octanol–water partition coefficient (Wildman–Crippen LogP) is -0.111. The van der Waals surface area contributed by atoms with Crippen LogP contribution in [0, 0.1) is 0 Å². The quantitative estimate of drug-likeness (QED) is 0.583. The third-order valence-electron chi connectivity index (χ3n) is 1.90. The molecular weight excluding hydrogens is 144 g/mol. The first-order valence-electron chi connectivity index (χ1n) is 3.94. The third-order valence-corrected chi connectivity index (χ3v) is 1.90. The van der Waals surface area contributed by atoms with Crippen LogP contribution in [0.2, 0.25) is 0 Å². The van der Waals surface area contributed by atoms with Crippen molar-refractivity contribution in [2.45, 2.75) is 19.3 Å². The van der Waals surface area contributed by atoms with Gasteiger partial charge in [0.05, 0.1) is 6.61 Å². The number of amides is 1. The van der Waals surface area contributed by atoms with E-state index in [2.05, 4.69) is 4.84 Å². The van der Waals surface area contributed by atoms with Gasteiger partial charge in [-0.1, -0.05) is 0 Å². The van der Waals surface area contributed by atoms with Gasteiger partial charge in [0.1, 0.15) is 0 Å². The van der Waals surface area contributed by atoms with E-state index < -0.39 is 0 Å². The average Bonchev–Trinajstić information content (AvgIpc) is 2.03. The lowest BCUT2D eigenvalue weighted by molar-refractivity contribution is -0.134. The van der Waals surface area contributed by atoms with Gasteiger partial charge >= 0.3 is 0 Å².